The minimum absolute atomic E-state index is 0.0805. The minimum atomic E-state index is -4.78. The van der Waals surface area contributed by atoms with Gasteiger partial charge < -0.3 is 14.2 Å². The van der Waals surface area contributed by atoms with Gasteiger partial charge in [-0.2, -0.15) is 0 Å². The normalized spacial score (nSPS) is 17.7. The van der Waals surface area contributed by atoms with E-state index in [2.05, 4.69) is 4.74 Å². The lowest BCUT2D eigenvalue weighted by atomic mass is 9.73. The van der Waals surface area contributed by atoms with Gasteiger partial charge in [-0.05, 0) is 32.4 Å². The SMILES string of the molecule is COC(=O)[C@@H](N(C)Cc1ccccc1OC(F)(F)F)C1(OC)CCC1. The molecule has 0 heterocycles. The van der Waals surface area contributed by atoms with Crippen LogP contribution in [-0.4, -0.2) is 50.1 Å². The Balaban J connectivity index is 2.24. The van der Waals surface area contributed by atoms with Crippen molar-refractivity contribution in [2.24, 2.45) is 0 Å². The fraction of sp³-hybridized carbons (Fsp3) is 0.588. The van der Waals surface area contributed by atoms with E-state index >= 15 is 0 Å². The lowest BCUT2D eigenvalue weighted by molar-refractivity contribution is -0.275. The molecule has 2 rings (SSSR count). The Bertz CT molecular complexity index is 596. The first-order chi connectivity index (χ1) is 11.7. The Morgan fingerprint density at radius 3 is 2.40 bits per heavy atom. The molecule has 0 aromatic heterocycles. The summed E-state index contributed by atoms with van der Waals surface area (Å²) in [6, 6.07) is 5.15. The Labute approximate surface area is 144 Å². The highest BCUT2D eigenvalue weighted by Crippen LogP contribution is 2.41. The van der Waals surface area contributed by atoms with Gasteiger partial charge in [-0.25, -0.2) is 0 Å². The average Bonchev–Trinajstić information content (AvgIpc) is 2.50. The van der Waals surface area contributed by atoms with Crippen molar-refractivity contribution in [2.45, 2.75) is 43.8 Å². The molecule has 1 aromatic rings. The molecule has 1 saturated carbocycles. The van der Waals surface area contributed by atoms with Crippen LogP contribution in [0.4, 0.5) is 13.2 Å². The number of ether oxygens (including phenoxy) is 3. The highest BCUT2D eigenvalue weighted by molar-refractivity contribution is 5.77. The third kappa shape index (κ3) is 4.43. The summed E-state index contributed by atoms with van der Waals surface area (Å²) in [5.74, 6) is -0.760. The largest absolute Gasteiger partial charge is 0.573 e. The Morgan fingerprint density at radius 2 is 1.92 bits per heavy atom. The van der Waals surface area contributed by atoms with E-state index in [1.54, 1.807) is 18.0 Å². The number of benzene rings is 1. The molecule has 0 N–H and O–H groups in total. The van der Waals surface area contributed by atoms with Gasteiger partial charge in [0.05, 0.1) is 12.7 Å². The van der Waals surface area contributed by atoms with Gasteiger partial charge >= 0.3 is 12.3 Å². The number of nitrogens with zero attached hydrogens (tertiary/aromatic N) is 1. The molecule has 0 radical (unpaired) electrons. The van der Waals surface area contributed by atoms with Crippen LogP contribution in [0.1, 0.15) is 24.8 Å². The van der Waals surface area contributed by atoms with Gasteiger partial charge in [0.1, 0.15) is 11.8 Å². The van der Waals surface area contributed by atoms with Gasteiger partial charge in [-0.15, -0.1) is 13.2 Å². The zero-order chi connectivity index (χ0) is 18.7. The average molecular weight is 361 g/mol. The van der Waals surface area contributed by atoms with Crippen molar-refractivity contribution in [1.82, 2.24) is 4.90 Å². The number of hydrogen-bond donors (Lipinski definition) is 0. The fourth-order valence-electron chi connectivity index (χ4n) is 3.24. The molecule has 25 heavy (non-hydrogen) atoms. The van der Waals surface area contributed by atoms with Gasteiger partial charge in [0, 0.05) is 19.2 Å². The van der Waals surface area contributed by atoms with Gasteiger partial charge in [0.15, 0.2) is 0 Å². The van der Waals surface area contributed by atoms with Gasteiger partial charge in [0.25, 0.3) is 0 Å². The number of alkyl halides is 3. The zero-order valence-corrected chi connectivity index (χ0v) is 14.4. The summed E-state index contributed by atoms with van der Waals surface area (Å²) < 4.78 is 52.3. The smallest absolute Gasteiger partial charge is 0.468 e. The first kappa shape index (κ1) is 19.5. The third-order valence-electron chi connectivity index (χ3n) is 4.59. The molecule has 0 spiro atoms. The molecule has 1 aliphatic carbocycles. The number of carbonyl (C=O) groups is 1. The molecule has 1 atom stereocenters. The molecule has 8 heteroatoms. The van der Waals surface area contributed by atoms with E-state index < -0.39 is 24.0 Å². The molecule has 0 unspecified atom stereocenters. The van der Waals surface area contributed by atoms with Crippen molar-refractivity contribution in [2.75, 3.05) is 21.3 Å². The van der Waals surface area contributed by atoms with Crippen molar-refractivity contribution >= 4 is 5.97 Å². The maximum atomic E-state index is 12.6. The predicted molar refractivity (Wildman–Crippen MR) is 84.0 cm³/mol. The zero-order valence-electron chi connectivity index (χ0n) is 14.4. The molecule has 1 aromatic carbocycles. The predicted octanol–water partition coefficient (Wildman–Crippen LogP) is 3.13. The number of rotatable bonds is 7. The quantitative estimate of drug-likeness (QED) is 0.699. The van der Waals surface area contributed by atoms with E-state index in [9.17, 15) is 18.0 Å². The van der Waals surface area contributed by atoms with Crippen LogP contribution in [0.5, 0.6) is 5.75 Å². The van der Waals surface area contributed by atoms with Gasteiger partial charge in [-0.1, -0.05) is 18.2 Å². The van der Waals surface area contributed by atoms with E-state index in [1.807, 2.05) is 0 Å². The molecule has 0 saturated heterocycles. The number of carbonyl (C=O) groups excluding carboxylic acids is 1. The van der Waals surface area contributed by atoms with E-state index in [4.69, 9.17) is 9.47 Å². The molecule has 5 nitrogen and oxygen atoms in total. The van der Waals surface area contributed by atoms with Crippen molar-refractivity contribution in [3.63, 3.8) is 0 Å². The monoisotopic (exact) mass is 361 g/mol. The number of methoxy groups -OCH3 is 2. The molecular weight excluding hydrogens is 339 g/mol. The van der Waals surface area contributed by atoms with Crippen LogP contribution in [-0.2, 0) is 20.8 Å². The van der Waals surface area contributed by atoms with Crippen LogP contribution in [0.2, 0.25) is 0 Å². The first-order valence-corrected chi connectivity index (χ1v) is 7.89. The summed E-state index contributed by atoms with van der Waals surface area (Å²) in [5.41, 5.74) is -0.358. The molecule has 0 aliphatic heterocycles. The number of halogens is 3. The van der Waals surface area contributed by atoms with Crippen molar-refractivity contribution in [3.05, 3.63) is 29.8 Å². The first-order valence-electron chi connectivity index (χ1n) is 7.89. The van der Waals surface area contributed by atoms with Crippen LogP contribution in [0.25, 0.3) is 0 Å². The van der Waals surface area contributed by atoms with Crippen LogP contribution in [0.15, 0.2) is 24.3 Å². The molecule has 0 bridgehead atoms. The summed E-state index contributed by atoms with van der Waals surface area (Å²) in [7, 11) is 4.47. The molecule has 1 aliphatic rings. The summed E-state index contributed by atoms with van der Waals surface area (Å²) in [5, 5.41) is 0. The highest BCUT2D eigenvalue weighted by Gasteiger charge is 2.50. The Kier molecular flexibility index (Phi) is 5.95. The maximum Gasteiger partial charge on any atom is 0.573 e. The standard InChI is InChI=1S/C17H22F3NO4/c1-21(14(15(22)23-2)16(24-3)9-6-10-16)11-12-7-4-5-8-13(12)25-17(18,19)20/h4-5,7-8,14H,6,9-11H2,1-3H3/t14-/m1/s1. The fourth-order valence-corrected chi connectivity index (χ4v) is 3.24. The number of esters is 1. The topological polar surface area (TPSA) is 48.0 Å². The number of hydrogen-bond acceptors (Lipinski definition) is 5. The van der Waals surface area contributed by atoms with Gasteiger partial charge in [-0.3, -0.25) is 9.69 Å². The van der Waals surface area contributed by atoms with E-state index in [0.717, 1.165) is 6.42 Å². The van der Waals surface area contributed by atoms with Gasteiger partial charge in [0.2, 0.25) is 0 Å². The van der Waals surface area contributed by atoms with Crippen LogP contribution >= 0.6 is 0 Å². The van der Waals surface area contributed by atoms with Crippen LogP contribution in [0, 0.1) is 0 Å². The Morgan fingerprint density at radius 1 is 1.28 bits per heavy atom. The van der Waals surface area contributed by atoms with E-state index in [0.29, 0.717) is 18.4 Å². The second-order valence-corrected chi connectivity index (χ2v) is 6.12. The summed E-state index contributed by atoms with van der Waals surface area (Å²) in [6.45, 7) is 0.0805. The highest BCUT2D eigenvalue weighted by atomic mass is 19.4. The third-order valence-corrected chi connectivity index (χ3v) is 4.59. The summed E-state index contributed by atoms with van der Waals surface area (Å²) >= 11 is 0. The Hall–Kier alpha value is -1.80. The van der Waals surface area contributed by atoms with Crippen LogP contribution < -0.4 is 4.74 Å². The molecule has 0 amide bonds. The van der Waals surface area contributed by atoms with Crippen molar-refractivity contribution < 1.29 is 32.2 Å². The van der Waals surface area contributed by atoms with E-state index in [1.165, 1.54) is 32.4 Å². The van der Waals surface area contributed by atoms with Crippen molar-refractivity contribution in [1.29, 1.82) is 0 Å². The van der Waals surface area contributed by atoms with Crippen molar-refractivity contribution in [3.8, 4) is 5.75 Å². The lowest BCUT2D eigenvalue weighted by Crippen LogP contribution is -2.60. The second kappa shape index (κ2) is 7.61. The molecule has 1 fully saturated rings. The van der Waals surface area contributed by atoms with Crippen LogP contribution in [0.3, 0.4) is 0 Å². The lowest BCUT2D eigenvalue weighted by Gasteiger charge is -2.48. The summed E-state index contributed by atoms with van der Waals surface area (Å²) in [4.78, 5) is 13.9. The minimum Gasteiger partial charge on any atom is -0.468 e. The molecular formula is C17H22F3NO4. The summed E-state index contributed by atoms with van der Waals surface area (Å²) in [6.07, 6.45) is -2.48. The maximum absolute atomic E-state index is 12.6. The molecule has 140 valence electrons. The second-order valence-electron chi connectivity index (χ2n) is 6.12. The number of para-hydroxylation sites is 1. The number of likely N-dealkylation sites (N-methyl/N-ethyl adjacent to an activating group) is 1. The van der Waals surface area contributed by atoms with E-state index in [-0.39, 0.29) is 12.3 Å².